The fourth-order valence-corrected chi connectivity index (χ4v) is 3.78. The van der Waals surface area contributed by atoms with Gasteiger partial charge in [0.05, 0.1) is 31.0 Å². The number of ether oxygens (including phenoxy) is 2. The predicted molar refractivity (Wildman–Crippen MR) is 117 cm³/mol. The number of hydrogen-bond acceptors (Lipinski definition) is 5. The summed E-state index contributed by atoms with van der Waals surface area (Å²) in [6, 6.07) is 9.46. The molecule has 3 heterocycles. The Bertz CT molecular complexity index is 1020. The SMILES string of the molecule is CCOc1ccc(-c2cn3cccc(OCCC(=O)N4CCCCC4)c3n2)cc1N. The predicted octanol–water partition coefficient (Wildman–Crippen LogP) is 3.76. The van der Waals surface area contributed by atoms with E-state index in [1.807, 2.05) is 58.9 Å². The van der Waals surface area contributed by atoms with E-state index in [2.05, 4.69) is 0 Å². The van der Waals surface area contributed by atoms with Gasteiger partial charge in [0, 0.05) is 31.0 Å². The number of carbonyl (C=O) groups excluding carboxylic acids is 1. The Morgan fingerprint density at radius 1 is 1.13 bits per heavy atom. The van der Waals surface area contributed by atoms with Crippen LogP contribution >= 0.6 is 0 Å². The van der Waals surface area contributed by atoms with E-state index in [0.29, 0.717) is 42.5 Å². The first-order valence-electron chi connectivity index (χ1n) is 10.6. The standard InChI is InChI=1S/C23H28N4O3/c1-2-29-20-9-8-17(15-18(20)24)19-16-27-13-6-7-21(23(27)25-19)30-14-10-22(28)26-11-4-3-5-12-26/h6-9,13,15-16H,2-5,10-12,14,24H2,1H3. The summed E-state index contributed by atoms with van der Waals surface area (Å²) in [4.78, 5) is 19.0. The molecule has 0 unspecified atom stereocenters. The van der Waals surface area contributed by atoms with Crippen molar-refractivity contribution >= 4 is 17.2 Å². The number of anilines is 1. The van der Waals surface area contributed by atoms with E-state index in [4.69, 9.17) is 20.2 Å². The van der Waals surface area contributed by atoms with Crippen molar-refractivity contribution in [2.45, 2.75) is 32.6 Å². The number of fused-ring (bicyclic) bond motifs is 1. The van der Waals surface area contributed by atoms with E-state index >= 15 is 0 Å². The molecule has 1 saturated heterocycles. The highest BCUT2D eigenvalue weighted by molar-refractivity contribution is 5.76. The zero-order valence-corrected chi connectivity index (χ0v) is 17.3. The van der Waals surface area contributed by atoms with E-state index in [1.54, 1.807) is 0 Å². The van der Waals surface area contributed by atoms with Gasteiger partial charge in [0.2, 0.25) is 5.91 Å². The topological polar surface area (TPSA) is 82.1 Å². The molecular formula is C23H28N4O3. The Morgan fingerprint density at radius 2 is 1.97 bits per heavy atom. The molecule has 1 aliphatic heterocycles. The number of nitrogen functional groups attached to an aromatic ring is 1. The van der Waals surface area contributed by atoms with Crippen LogP contribution in [0, 0.1) is 0 Å². The summed E-state index contributed by atoms with van der Waals surface area (Å²) in [5, 5.41) is 0. The van der Waals surface area contributed by atoms with Crippen molar-refractivity contribution in [3.63, 3.8) is 0 Å². The lowest BCUT2D eigenvalue weighted by Gasteiger charge is -2.26. The van der Waals surface area contributed by atoms with Gasteiger partial charge < -0.3 is 24.5 Å². The van der Waals surface area contributed by atoms with Crippen LogP contribution in [0.4, 0.5) is 5.69 Å². The van der Waals surface area contributed by atoms with E-state index in [1.165, 1.54) is 6.42 Å². The lowest BCUT2D eigenvalue weighted by atomic mass is 10.1. The number of nitrogens with zero attached hydrogens (tertiary/aromatic N) is 3. The number of pyridine rings is 1. The molecule has 2 aromatic heterocycles. The second-order valence-electron chi connectivity index (χ2n) is 7.45. The molecule has 1 aliphatic rings. The molecule has 1 amide bonds. The average molecular weight is 409 g/mol. The van der Waals surface area contributed by atoms with Gasteiger partial charge in [-0.25, -0.2) is 4.98 Å². The first-order chi connectivity index (χ1) is 14.7. The minimum Gasteiger partial charge on any atom is -0.492 e. The Morgan fingerprint density at radius 3 is 2.73 bits per heavy atom. The van der Waals surface area contributed by atoms with Gasteiger partial charge in [-0.2, -0.15) is 0 Å². The number of amides is 1. The van der Waals surface area contributed by atoms with E-state index in [9.17, 15) is 4.79 Å². The number of carbonyl (C=O) groups is 1. The molecule has 4 rings (SSSR count). The van der Waals surface area contributed by atoms with Crippen molar-refractivity contribution < 1.29 is 14.3 Å². The van der Waals surface area contributed by atoms with E-state index in [-0.39, 0.29) is 5.91 Å². The third kappa shape index (κ3) is 4.35. The van der Waals surface area contributed by atoms with Gasteiger partial charge in [0.1, 0.15) is 5.75 Å². The van der Waals surface area contributed by atoms with Crippen molar-refractivity contribution in [2.24, 2.45) is 0 Å². The Kier molecular flexibility index (Phi) is 6.07. The van der Waals surface area contributed by atoms with Crippen molar-refractivity contribution in [3.05, 3.63) is 42.7 Å². The first kappa shape index (κ1) is 20.1. The first-order valence-corrected chi connectivity index (χ1v) is 10.6. The molecule has 1 aromatic carbocycles. The maximum atomic E-state index is 12.3. The van der Waals surface area contributed by atoms with Gasteiger partial charge in [-0.1, -0.05) is 0 Å². The summed E-state index contributed by atoms with van der Waals surface area (Å²) in [5.74, 6) is 1.50. The van der Waals surface area contributed by atoms with E-state index in [0.717, 1.165) is 37.2 Å². The molecule has 0 atom stereocenters. The number of piperidine rings is 1. The molecule has 0 spiro atoms. The molecule has 7 nitrogen and oxygen atoms in total. The van der Waals surface area contributed by atoms with Crippen molar-refractivity contribution in [1.82, 2.24) is 14.3 Å². The van der Waals surface area contributed by atoms with Crippen LogP contribution in [0.3, 0.4) is 0 Å². The zero-order chi connectivity index (χ0) is 20.9. The minimum atomic E-state index is 0.163. The average Bonchev–Trinajstić information content (AvgIpc) is 3.21. The number of aromatic nitrogens is 2. The number of nitrogens with two attached hydrogens (primary N) is 1. The van der Waals surface area contributed by atoms with Gasteiger partial charge in [0.25, 0.3) is 0 Å². The third-order valence-electron chi connectivity index (χ3n) is 5.33. The highest BCUT2D eigenvalue weighted by Crippen LogP contribution is 2.30. The van der Waals surface area contributed by atoms with Crippen LogP contribution in [0.15, 0.2) is 42.7 Å². The van der Waals surface area contributed by atoms with Crippen molar-refractivity contribution in [1.29, 1.82) is 0 Å². The highest BCUT2D eigenvalue weighted by Gasteiger charge is 2.17. The smallest absolute Gasteiger partial charge is 0.225 e. The normalized spacial score (nSPS) is 14.1. The molecule has 2 N–H and O–H groups in total. The van der Waals surface area contributed by atoms with Crippen molar-refractivity contribution in [3.8, 4) is 22.8 Å². The summed E-state index contributed by atoms with van der Waals surface area (Å²) >= 11 is 0. The minimum absolute atomic E-state index is 0.163. The fraction of sp³-hybridized carbons (Fsp3) is 0.391. The van der Waals surface area contributed by atoms with Crippen LogP contribution in [-0.2, 0) is 4.79 Å². The molecule has 30 heavy (non-hydrogen) atoms. The maximum Gasteiger partial charge on any atom is 0.225 e. The second kappa shape index (κ2) is 9.07. The van der Waals surface area contributed by atoms with Gasteiger partial charge in [0.15, 0.2) is 11.4 Å². The Labute approximate surface area is 176 Å². The molecule has 0 radical (unpaired) electrons. The van der Waals surface area contributed by atoms with E-state index < -0.39 is 0 Å². The Balaban J connectivity index is 1.47. The zero-order valence-electron chi connectivity index (χ0n) is 17.3. The number of benzene rings is 1. The summed E-state index contributed by atoms with van der Waals surface area (Å²) in [6.45, 7) is 4.57. The quantitative estimate of drug-likeness (QED) is 0.602. The molecule has 158 valence electrons. The molecule has 7 heteroatoms. The number of hydrogen-bond donors (Lipinski definition) is 1. The monoisotopic (exact) mass is 408 g/mol. The van der Waals surface area contributed by atoms with Crippen LogP contribution in [0.2, 0.25) is 0 Å². The number of rotatable bonds is 7. The second-order valence-corrected chi connectivity index (χ2v) is 7.45. The van der Waals surface area contributed by atoms with Gasteiger partial charge in [-0.05, 0) is 56.5 Å². The maximum absolute atomic E-state index is 12.3. The van der Waals surface area contributed by atoms with Gasteiger partial charge in [-0.15, -0.1) is 0 Å². The van der Waals surface area contributed by atoms with Crippen molar-refractivity contribution in [2.75, 3.05) is 32.0 Å². The summed E-state index contributed by atoms with van der Waals surface area (Å²) in [5.41, 5.74) is 9.10. The molecule has 0 aliphatic carbocycles. The molecule has 3 aromatic rings. The summed E-state index contributed by atoms with van der Waals surface area (Å²) < 4.78 is 13.4. The van der Waals surface area contributed by atoms with Gasteiger partial charge >= 0.3 is 0 Å². The highest BCUT2D eigenvalue weighted by atomic mass is 16.5. The molecule has 0 bridgehead atoms. The summed E-state index contributed by atoms with van der Waals surface area (Å²) in [7, 11) is 0. The van der Waals surface area contributed by atoms with Crippen LogP contribution in [0.5, 0.6) is 11.5 Å². The third-order valence-corrected chi connectivity index (χ3v) is 5.33. The Hall–Kier alpha value is -3.22. The fourth-order valence-electron chi connectivity index (χ4n) is 3.78. The van der Waals surface area contributed by atoms with Crippen LogP contribution in [0.25, 0.3) is 16.9 Å². The molecule has 1 fully saturated rings. The summed E-state index contributed by atoms with van der Waals surface area (Å²) in [6.07, 6.45) is 7.65. The van der Waals surface area contributed by atoms with Crippen LogP contribution in [0.1, 0.15) is 32.6 Å². The largest absolute Gasteiger partial charge is 0.492 e. The van der Waals surface area contributed by atoms with Crippen LogP contribution < -0.4 is 15.2 Å². The number of likely N-dealkylation sites (tertiary alicyclic amines) is 1. The molecular weight excluding hydrogens is 380 g/mol. The lowest BCUT2D eigenvalue weighted by Crippen LogP contribution is -2.36. The molecule has 0 saturated carbocycles. The number of imidazole rings is 1. The van der Waals surface area contributed by atoms with Crippen LogP contribution in [-0.4, -0.2) is 46.5 Å². The lowest BCUT2D eigenvalue weighted by molar-refractivity contribution is -0.132. The van der Waals surface area contributed by atoms with Gasteiger partial charge in [-0.3, -0.25) is 4.79 Å².